The van der Waals surface area contributed by atoms with E-state index < -0.39 is 0 Å². The lowest BCUT2D eigenvalue weighted by Gasteiger charge is -2.10. The number of tetrazole rings is 1. The number of carbonyl (C=O) groups is 1. The van der Waals surface area contributed by atoms with E-state index in [-0.39, 0.29) is 17.5 Å². The standard InChI is InChI=1S/C18H19FN6OS2/c1-11-16(12-6-8-13(19)9-7-12)21-17(28-11)20-15(26)10-27-18-22-23-24-25(18)14-4-2-3-5-14/h6-9,14H,2-5,10H2,1H3,(H,20,21,26). The van der Waals surface area contributed by atoms with Crippen molar-refractivity contribution in [2.45, 2.75) is 43.8 Å². The van der Waals surface area contributed by atoms with E-state index in [1.165, 1.54) is 48.1 Å². The van der Waals surface area contributed by atoms with Crippen LogP contribution in [0.25, 0.3) is 11.3 Å². The van der Waals surface area contributed by atoms with Gasteiger partial charge in [-0.1, -0.05) is 24.6 Å². The van der Waals surface area contributed by atoms with E-state index in [1.54, 1.807) is 12.1 Å². The second kappa shape index (κ2) is 8.36. The summed E-state index contributed by atoms with van der Waals surface area (Å²) in [7, 11) is 0. The first-order chi connectivity index (χ1) is 13.6. The zero-order valence-electron chi connectivity index (χ0n) is 15.3. The minimum atomic E-state index is -0.290. The fourth-order valence-electron chi connectivity index (χ4n) is 3.27. The summed E-state index contributed by atoms with van der Waals surface area (Å²) in [5.74, 6) is -0.245. The quantitative estimate of drug-likeness (QED) is 0.607. The lowest BCUT2D eigenvalue weighted by molar-refractivity contribution is -0.113. The SMILES string of the molecule is Cc1sc(NC(=O)CSc2nnnn2C2CCCC2)nc1-c1ccc(F)cc1. The Morgan fingerprint density at radius 2 is 2.07 bits per heavy atom. The number of carbonyl (C=O) groups excluding carboxylic acids is 1. The topological polar surface area (TPSA) is 85.6 Å². The number of nitrogens with zero attached hydrogens (tertiary/aromatic N) is 5. The summed E-state index contributed by atoms with van der Waals surface area (Å²) in [5.41, 5.74) is 1.57. The van der Waals surface area contributed by atoms with Crippen LogP contribution in [0.2, 0.25) is 0 Å². The van der Waals surface area contributed by atoms with Crippen molar-refractivity contribution < 1.29 is 9.18 Å². The van der Waals surface area contributed by atoms with E-state index in [0.29, 0.717) is 16.3 Å². The largest absolute Gasteiger partial charge is 0.301 e. The molecule has 0 bridgehead atoms. The van der Waals surface area contributed by atoms with Crippen LogP contribution in [0.1, 0.15) is 36.6 Å². The highest BCUT2D eigenvalue weighted by Crippen LogP contribution is 2.32. The fraction of sp³-hybridized carbons (Fsp3) is 0.389. The summed E-state index contributed by atoms with van der Waals surface area (Å²) in [4.78, 5) is 17.8. The number of rotatable bonds is 6. The van der Waals surface area contributed by atoms with Crippen LogP contribution in [0, 0.1) is 12.7 Å². The highest BCUT2D eigenvalue weighted by Gasteiger charge is 2.22. The van der Waals surface area contributed by atoms with Gasteiger partial charge in [-0.25, -0.2) is 14.1 Å². The van der Waals surface area contributed by atoms with Crippen LogP contribution < -0.4 is 5.32 Å². The molecular weight excluding hydrogens is 399 g/mol. The molecular formula is C18H19FN6OS2. The summed E-state index contributed by atoms with van der Waals surface area (Å²) in [5, 5.41) is 15.9. The Balaban J connectivity index is 1.38. The third-order valence-electron chi connectivity index (χ3n) is 4.63. The number of halogens is 1. The number of hydrogen-bond donors (Lipinski definition) is 1. The van der Waals surface area contributed by atoms with Gasteiger partial charge in [0.25, 0.3) is 0 Å². The Morgan fingerprint density at radius 1 is 1.32 bits per heavy atom. The normalized spacial score (nSPS) is 14.5. The van der Waals surface area contributed by atoms with Gasteiger partial charge in [0.05, 0.1) is 17.5 Å². The van der Waals surface area contributed by atoms with Crippen molar-refractivity contribution in [1.82, 2.24) is 25.2 Å². The van der Waals surface area contributed by atoms with Crippen LogP contribution in [0.4, 0.5) is 9.52 Å². The summed E-state index contributed by atoms with van der Waals surface area (Å²) >= 11 is 2.72. The Hall–Kier alpha value is -2.33. The number of thiazole rings is 1. The van der Waals surface area contributed by atoms with Crippen LogP contribution in [-0.2, 0) is 4.79 Å². The molecule has 146 valence electrons. The fourth-order valence-corrected chi connectivity index (χ4v) is 4.87. The maximum Gasteiger partial charge on any atom is 0.236 e. The molecule has 28 heavy (non-hydrogen) atoms. The van der Waals surface area contributed by atoms with Crippen LogP contribution in [0.3, 0.4) is 0 Å². The van der Waals surface area contributed by atoms with Gasteiger partial charge in [-0.15, -0.1) is 16.4 Å². The molecule has 0 unspecified atom stereocenters. The molecule has 1 N–H and O–H groups in total. The third kappa shape index (κ3) is 4.22. The van der Waals surface area contributed by atoms with Crippen molar-refractivity contribution in [3.8, 4) is 11.3 Å². The number of amides is 1. The summed E-state index contributed by atoms with van der Waals surface area (Å²) in [6.45, 7) is 1.93. The van der Waals surface area contributed by atoms with E-state index >= 15 is 0 Å². The van der Waals surface area contributed by atoms with Crippen LogP contribution in [0.15, 0.2) is 29.4 Å². The van der Waals surface area contributed by atoms with Crippen molar-refractivity contribution in [3.63, 3.8) is 0 Å². The van der Waals surface area contributed by atoms with E-state index in [9.17, 15) is 9.18 Å². The Morgan fingerprint density at radius 3 is 2.82 bits per heavy atom. The average molecular weight is 419 g/mol. The molecule has 1 saturated carbocycles. The molecule has 10 heteroatoms. The van der Waals surface area contributed by atoms with Gasteiger partial charge in [-0.05, 0) is 54.5 Å². The predicted molar refractivity (Wildman–Crippen MR) is 107 cm³/mol. The number of anilines is 1. The van der Waals surface area contributed by atoms with E-state index in [4.69, 9.17) is 0 Å². The summed E-state index contributed by atoms with van der Waals surface area (Å²) in [6.07, 6.45) is 4.54. The van der Waals surface area contributed by atoms with Crippen molar-refractivity contribution in [2.24, 2.45) is 0 Å². The molecule has 4 rings (SSSR count). The number of hydrogen-bond acceptors (Lipinski definition) is 7. The second-order valence-electron chi connectivity index (χ2n) is 6.61. The molecule has 1 aliphatic rings. The molecule has 3 aromatic rings. The maximum atomic E-state index is 13.1. The van der Waals surface area contributed by atoms with Crippen LogP contribution in [0.5, 0.6) is 0 Å². The molecule has 1 fully saturated rings. The minimum Gasteiger partial charge on any atom is -0.301 e. The van der Waals surface area contributed by atoms with Crippen molar-refractivity contribution in [3.05, 3.63) is 35.0 Å². The maximum absolute atomic E-state index is 13.1. The Labute approximate surface area is 169 Å². The molecule has 0 spiro atoms. The van der Waals surface area contributed by atoms with Gasteiger partial charge in [0.15, 0.2) is 5.13 Å². The van der Waals surface area contributed by atoms with Crippen LogP contribution >= 0.6 is 23.1 Å². The third-order valence-corrected chi connectivity index (χ3v) is 6.45. The van der Waals surface area contributed by atoms with E-state index in [1.807, 2.05) is 11.6 Å². The first-order valence-electron chi connectivity index (χ1n) is 9.04. The van der Waals surface area contributed by atoms with E-state index in [2.05, 4.69) is 25.8 Å². The number of benzene rings is 1. The molecule has 1 aromatic carbocycles. The molecule has 7 nitrogen and oxygen atoms in total. The van der Waals surface area contributed by atoms with E-state index in [0.717, 1.165) is 29.0 Å². The van der Waals surface area contributed by atoms with Gasteiger partial charge in [-0.2, -0.15) is 0 Å². The zero-order valence-corrected chi connectivity index (χ0v) is 16.9. The lowest BCUT2D eigenvalue weighted by atomic mass is 10.1. The molecule has 1 aliphatic carbocycles. The predicted octanol–water partition coefficient (Wildman–Crippen LogP) is 4.09. The van der Waals surface area contributed by atoms with Crippen molar-refractivity contribution in [1.29, 1.82) is 0 Å². The number of aromatic nitrogens is 5. The molecule has 0 atom stereocenters. The smallest absolute Gasteiger partial charge is 0.236 e. The van der Waals surface area contributed by atoms with Gasteiger partial charge in [-0.3, -0.25) is 4.79 Å². The molecule has 1 amide bonds. The Kier molecular flexibility index (Phi) is 5.67. The van der Waals surface area contributed by atoms with Crippen molar-refractivity contribution in [2.75, 3.05) is 11.1 Å². The molecule has 2 heterocycles. The molecule has 0 radical (unpaired) electrons. The molecule has 0 saturated heterocycles. The first-order valence-corrected chi connectivity index (χ1v) is 10.8. The monoisotopic (exact) mass is 418 g/mol. The van der Waals surface area contributed by atoms with Gasteiger partial charge in [0.1, 0.15) is 5.82 Å². The highest BCUT2D eigenvalue weighted by molar-refractivity contribution is 7.99. The Bertz CT molecular complexity index is 965. The molecule has 0 aliphatic heterocycles. The van der Waals surface area contributed by atoms with Gasteiger partial charge in [0.2, 0.25) is 11.1 Å². The number of nitrogens with one attached hydrogen (secondary N) is 1. The van der Waals surface area contributed by atoms with Gasteiger partial charge >= 0.3 is 0 Å². The van der Waals surface area contributed by atoms with Gasteiger partial charge < -0.3 is 5.32 Å². The lowest BCUT2D eigenvalue weighted by Crippen LogP contribution is -2.15. The zero-order chi connectivity index (χ0) is 19.5. The van der Waals surface area contributed by atoms with Gasteiger partial charge in [0, 0.05) is 10.4 Å². The minimum absolute atomic E-state index is 0.162. The number of thioether (sulfide) groups is 1. The summed E-state index contributed by atoms with van der Waals surface area (Å²) < 4.78 is 15.0. The number of aryl methyl sites for hydroxylation is 1. The average Bonchev–Trinajstić information content (AvgIpc) is 3.41. The highest BCUT2D eigenvalue weighted by atomic mass is 32.2. The molecule has 2 aromatic heterocycles. The first kappa shape index (κ1) is 19.0. The van der Waals surface area contributed by atoms with Crippen LogP contribution in [-0.4, -0.2) is 36.9 Å². The second-order valence-corrected chi connectivity index (χ2v) is 8.76. The summed E-state index contributed by atoms with van der Waals surface area (Å²) in [6, 6.07) is 6.50. The van der Waals surface area contributed by atoms with Crippen molar-refractivity contribution >= 4 is 34.1 Å².